The summed E-state index contributed by atoms with van der Waals surface area (Å²) >= 11 is 0. The number of anilines is 1. The Labute approximate surface area is 166 Å². The Balaban J connectivity index is 1.53. The van der Waals surface area contributed by atoms with Gasteiger partial charge in [0.1, 0.15) is 0 Å². The van der Waals surface area contributed by atoms with Crippen molar-refractivity contribution in [3.05, 3.63) is 72.6 Å². The van der Waals surface area contributed by atoms with E-state index in [2.05, 4.69) is 27.1 Å². The SMILES string of the molecule is CN1CCN(CC(C(=O)Nc2ccc3cnccc3c2)c2ccccc2)CC1. The normalized spacial score (nSPS) is 16.8. The van der Waals surface area contributed by atoms with E-state index in [0.717, 1.165) is 54.7 Å². The van der Waals surface area contributed by atoms with Crippen LogP contribution in [0.4, 0.5) is 5.69 Å². The maximum atomic E-state index is 13.2. The molecule has 2 aromatic carbocycles. The molecule has 1 aromatic heterocycles. The van der Waals surface area contributed by atoms with Crippen molar-refractivity contribution in [1.29, 1.82) is 0 Å². The second-order valence-electron chi connectivity index (χ2n) is 7.49. The van der Waals surface area contributed by atoms with Crippen molar-refractivity contribution in [2.75, 3.05) is 45.1 Å². The summed E-state index contributed by atoms with van der Waals surface area (Å²) in [5.74, 6) is -0.156. The van der Waals surface area contributed by atoms with Gasteiger partial charge in [0, 0.05) is 56.2 Å². The van der Waals surface area contributed by atoms with E-state index in [4.69, 9.17) is 0 Å². The van der Waals surface area contributed by atoms with Crippen molar-refractivity contribution < 1.29 is 4.79 Å². The third-order valence-electron chi connectivity index (χ3n) is 5.46. The zero-order valence-electron chi connectivity index (χ0n) is 16.2. The number of rotatable bonds is 5. The lowest BCUT2D eigenvalue weighted by Gasteiger charge is -2.34. The van der Waals surface area contributed by atoms with Crippen LogP contribution in [0.2, 0.25) is 0 Å². The monoisotopic (exact) mass is 374 g/mol. The molecule has 0 spiro atoms. The Morgan fingerprint density at radius 3 is 2.61 bits per heavy atom. The number of amides is 1. The van der Waals surface area contributed by atoms with Gasteiger partial charge in [-0.05, 0) is 36.2 Å². The Morgan fingerprint density at radius 2 is 1.82 bits per heavy atom. The van der Waals surface area contributed by atoms with Crippen LogP contribution in [-0.2, 0) is 4.79 Å². The van der Waals surface area contributed by atoms with Gasteiger partial charge < -0.3 is 10.2 Å². The lowest BCUT2D eigenvalue weighted by molar-refractivity contribution is -0.118. The third-order valence-corrected chi connectivity index (χ3v) is 5.46. The zero-order chi connectivity index (χ0) is 19.3. The van der Waals surface area contributed by atoms with Gasteiger partial charge in [-0.15, -0.1) is 0 Å². The number of hydrogen-bond donors (Lipinski definition) is 1. The van der Waals surface area contributed by atoms with Gasteiger partial charge in [-0.25, -0.2) is 0 Å². The van der Waals surface area contributed by atoms with E-state index < -0.39 is 0 Å². The van der Waals surface area contributed by atoms with Gasteiger partial charge in [-0.3, -0.25) is 14.7 Å². The highest BCUT2D eigenvalue weighted by molar-refractivity contribution is 5.98. The van der Waals surface area contributed by atoms with Crippen LogP contribution in [0.15, 0.2) is 67.0 Å². The molecule has 4 rings (SSSR count). The topological polar surface area (TPSA) is 48.5 Å². The van der Waals surface area contributed by atoms with Crippen LogP contribution in [0.5, 0.6) is 0 Å². The first-order chi connectivity index (χ1) is 13.7. The molecule has 1 fully saturated rings. The molecular weight excluding hydrogens is 348 g/mol. The number of fused-ring (bicyclic) bond motifs is 1. The molecule has 1 aliphatic rings. The summed E-state index contributed by atoms with van der Waals surface area (Å²) in [7, 11) is 2.15. The summed E-state index contributed by atoms with van der Waals surface area (Å²) in [6.45, 7) is 4.82. The maximum absolute atomic E-state index is 13.2. The van der Waals surface area contributed by atoms with Crippen molar-refractivity contribution >= 4 is 22.4 Å². The van der Waals surface area contributed by atoms with Crippen molar-refractivity contribution in [3.63, 3.8) is 0 Å². The molecule has 0 saturated carbocycles. The molecule has 0 bridgehead atoms. The van der Waals surface area contributed by atoms with Gasteiger partial charge in [0.25, 0.3) is 0 Å². The molecule has 3 aromatic rings. The molecule has 5 heteroatoms. The number of carbonyl (C=O) groups excluding carboxylic acids is 1. The summed E-state index contributed by atoms with van der Waals surface area (Å²) in [5.41, 5.74) is 1.88. The zero-order valence-corrected chi connectivity index (χ0v) is 16.2. The molecule has 2 heterocycles. The molecule has 1 unspecified atom stereocenters. The Hall–Kier alpha value is -2.76. The summed E-state index contributed by atoms with van der Waals surface area (Å²) < 4.78 is 0. The van der Waals surface area contributed by atoms with Crippen LogP contribution in [-0.4, -0.2) is 60.5 Å². The minimum Gasteiger partial charge on any atom is -0.325 e. The molecular formula is C23H26N4O. The smallest absolute Gasteiger partial charge is 0.233 e. The minimum atomic E-state index is -0.197. The fraction of sp³-hybridized carbons (Fsp3) is 0.304. The Kier molecular flexibility index (Phi) is 5.65. The molecule has 1 N–H and O–H groups in total. The maximum Gasteiger partial charge on any atom is 0.233 e. The first-order valence-corrected chi connectivity index (χ1v) is 9.79. The van der Waals surface area contributed by atoms with Crippen LogP contribution in [0.3, 0.4) is 0 Å². The third kappa shape index (κ3) is 4.38. The number of pyridine rings is 1. The van der Waals surface area contributed by atoms with Crippen LogP contribution in [0, 0.1) is 0 Å². The first kappa shape index (κ1) is 18.6. The van der Waals surface area contributed by atoms with Crippen molar-refractivity contribution in [2.24, 2.45) is 0 Å². The van der Waals surface area contributed by atoms with Crippen molar-refractivity contribution in [2.45, 2.75) is 5.92 Å². The molecule has 0 radical (unpaired) electrons. The van der Waals surface area contributed by atoms with E-state index in [9.17, 15) is 4.79 Å². The molecule has 28 heavy (non-hydrogen) atoms. The van der Waals surface area contributed by atoms with Gasteiger partial charge >= 0.3 is 0 Å². The van der Waals surface area contributed by atoms with Crippen LogP contribution in [0.25, 0.3) is 10.8 Å². The highest BCUT2D eigenvalue weighted by Crippen LogP contribution is 2.23. The summed E-state index contributed by atoms with van der Waals surface area (Å²) in [6, 6.07) is 18.0. The lowest BCUT2D eigenvalue weighted by Crippen LogP contribution is -2.47. The average molecular weight is 374 g/mol. The average Bonchev–Trinajstić information content (AvgIpc) is 2.74. The van der Waals surface area contributed by atoms with Gasteiger partial charge in [0.15, 0.2) is 0 Å². The van der Waals surface area contributed by atoms with Gasteiger partial charge in [-0.2, -0.15) is 0 Å². The molecule has 144 valence electrons. The van der Waals surface area contributed by atoms with E-state index >= 15 is 0 Å². The fourth-order valence-corrected chi connectivity index (χ4v) is 3.70. The number of hydrogen-bond acceptors (Lipinski definition) is 4. The van der Waals surface area contributed by atoms with Crippen LogP contribution >= 0.6 is 0 Å². The van der Waals surface area contributed by atoms with E-state index in [1.807, 2.05) is 60.8 Å². The highest BCUT2D eigenvalue weighted by Gasteiger charge is 2.25. The minimum absolute atomic E-state index is 0.0403. The van der Waals surface area contributed by atoms with Gasteiger partial charge in [0.2, 0.25) is 5.91 Å². The van der Waals surface area contributed by atoms with Gasteiger partial charge in [0.05, 0.1) is 5.92 Å². The molecule has 1 aliphatic heterocycles. The fourth-order valence-electron chi connectivity index (χ4n) is 3.70. The molecule has 1 atom stereocenters. The van der Waals surface area contributed by atoms with E-state index in [1.54, 1.807) is 6.20 Å². The van der Waals surface area contributed by atoms with Crippen LogP contribution in [0.1, 0.15) is 11.5 Å². The largest absolute Gasteiger partial charge is 0.325 e. The summed E-state index contributed by atoms with van der Waals surface area (Å²) in [5, 5.41) is 5.27. The predicted molar refractivity (Wildman–Crippen MR) is 113 cm³/mol. The number of piperazine rings is 1. The van der Waals surface area contributed by atoms with Crippen molar-refractivity contribution in [1.82, 2.24) is 14.8 Å². The molecule has 1 saturated heterocycles. The first-order valence-electron chi connectivity index (χ1n) is 9.79. The lowest BCUT2D eigenvalue weighted by atomic mass is 9.97. The number of nitrogens with one attached hydrogen (secondary N) is 1. The number of carbonyl (C=O) groups is 1. The second kappa shape index (κ2) is 8.50. The number of benzene rings is 2. The Bertz CT molecular complexity index is 935. The van der Waals surface area contributed by atoms with E-state index in [1.165, 1.54) is 0 Å². The van der Waals surface area contributed by atoms with Crippen molar-refractivity contribution in [3.8, 4) is 0 Å². The number of aromatic nitrogens is 1. The molecule has 0 aliphatic carbocycles. The standard InChI is InChI=1S/C23H26N4O/c1-26-11-13-27(14-12-26)17-22(18-5-3-2-4-6-18)23(28)25-21-8-7-20-16-24-10-9-19(20)15-21/h2-10,15-16,22H,11-14,17H2,1H3,(H,25,28). The number of likely N-dealkylation sites (N-methyl/N-ethyl adjacent to an activating group) is 1. The second-order valence-corrected chi connectivity index (χ2v) is 7.49. The van der Waals surface area contributed by atoms with Gasteiger partial charge in [-0.1, -0.05) is 36.4 Å². The molecule has 5 nitrogen and oxygen atoms in total. The van der Waals surface area contributed by atoms with E-state index in [0.29, 0.717) is 0 Å². The quantitative estimate of drug-likeness (QED) is 0.745. The highest BCUT2D eigenvalue weighted by atomic mass is 16.1. The number of nitrogens with zero attached hydrogens (tertiary/aromatic N) is 3. The Morgan fingerprint density at radius 1 is 1.04 bits per heavy atom. The predicted octanol–water partition coefficient (Wildman–Crippen LogP) is 3.20. The molecule has 1 amide bonds. The van der Waals surface area contributed by atoms with Crippen LogP contribution < -0.4 is 5.32 Å². The summed E-state index contributed by atoms with van der Waals surface area (Å²) in [6.07, 6.45) is 3.61. The summed E-state index contributed by atoms with van der Waals surface area (Å²) in [4.78, 5) is 22.1. The van der Waals surface area contributed by atoms with E-state index in [-0.39, 0.29) is 11.8 Å².